The first-order valence-electron chi connectivity index (χ1n) is 8.25. The summed E-state index contributed by atoms with van der Waals surface area (Å²) in [4.78, 5) is 14.6. The van der Waals surface area contributed by atoms with E-state index in [-0.39, 0.29) is 5.91 Å². The molecule has 130 valence electrons. The van der Waals surface area contributed by atoms with Crippen molar-refractivity contribution in [1.29, 1.82) is 0 Å². The van der Waals surface area contributed by atoms with Gasteiger partial charge < -0.3 is 9.88 Å². The van der Waals surface area contributed by atoms with Crippen molar-refractivity contribution in [1.82, 2.24) is 20.1 Å². The number of aromatic amines is 1. The first kappa shape index (κ1) is 17.4. The van der Waals surface area contributed by atoms with Crippen LogP contribution < -0.4 is 5.32 Å². The van der Waals surface area contributed by atoms with Crippen molar-refractivity contribution in [3.63, 3.8) is 0 Å². The Hall–Kier alpha value is -1.47. The second-order valence-electron chi connectivity index (χ2n) is 7.55. The number of fused-ring (bicyclic) bond motifs is 1. The van der Waals surface area contributed by atoms with Crippen molar-refractivity contribution in [3.8, 4) is 0 Å². The normalized spacial score (nSPS) is 17.6. The van der Waals surface area contributed by atoms with Crippen molar-refractivity contribution < 1.29 is 4.79 Å². The number of H-pyrrole nitrogens is 1. The van der Waals surface area contributed by atoms with Gasteiger partial charge in [-0.3, -0.25) is 9.89 Å². The minimum atomic E-state index is -0.0318. The standard InChI is InChI=1S/C17H24N4OS2/c1-17(2,3)11-5-6-12-10(7-11)8-13(24-12)15(22)18-9-14-19-20-16(23)21(14)4/h8,11H,5-7,9H2,1-4H3,(H,18,22)(H,20,23)/t11-/m0/s1. The molecule has 0 unspecified atom stereocenters. The number of aryl methyl sites for hydroxylation is 1. The summed E-state index contributed by atoms with van der Waals surface area (Å²) in [6, 6.07) is 2.08. The maximum atomic E-state index is 12.5. The highest BCUT2D eigenvalue weighted by atomic mass is 32.1. The number of thiophene rings is 1. The van der Waals surface area contributed by atoms with Gasteiger partial charge in [0.25, 0.3) is 5.91 Å². The first-order chi connectivity index (χ1) is 11.3. The van der Waals surface area contributed by atoms with Gasteiger partial charge in [0.15, 0.2) is 10.6 Å². The maximum absolute atomic E-state index is 12.5. The van der Waals surface area contributed by atoms with Gasteiger partial charge >= 0.3 is 0 Å². The Morgan fingerprint density at radius 2 is 2.29 bits per heavy atom. The molecule has 0 aliphatic heterocycles. The molecule has 1 aliphatic rings. The van der Waals surface area contributed by atoms with E-state index in [1.807, 2.05) is 7.05 Å². The number of hydrogen-bond acceptors (Lipinski definition) is 4. The Kier molecular flexibility index (Phi) is 4.66. The highest BCUT2D eigenvalue weighted by molar-refractivity contribution is 7.71. The van der Waals surface area contributed by atoms with Gasteiger partial charge in [0.2, 0.25) is 0 Å². The van der Waals surface area contributed by atoms with Crippen LogP contribution in [0.4, 0.5) is 0 Å². The number of carbonyl (C=O) groups is 1. The molecule has 2 aromatic heterocycles. The van der Waals surface area contributed by atoms with Crippen LogP contribution >= 0.6 is 23.6 Å². The third-order valence-electron chi connectivity index (χ3n) is 4.91. The molecule has 1 atom stereocenters. The second-order valence-corrected chi connectivity index (χ2v) is 9.07. The van der Waals surface area contributed by atoms with Crippen LogP contribution in [-0.2, 0) is 26.4 Å². The number of nitrogens with one attached hydrogen (secondary N) is 2. The molecule has 2 aromatic rings. The number of amides is 1. The minimum Gasteiger partial charge on any atom is -0.344 e. The maximum Gasteiger partial charge on any atom is 0.261 e. The van der Waals surface area contributed by atoms with Crippen LogP contribution in [0.15, 0.2) is 6.07 Å². The molecule has 0 saturated heterocycles. The number of rotatable bonds is 3. The Bertz CT molecular complexity index is 809. The highest BCUT2D eigenvalue weighted by Crippen LogP contribution is 2.40. The van der Waals surface area contributed by atoms with Crippen molar-refractivity contribution in [2.45, 2.75) is 46.6 Å². The Morgan fingerprint density at radius 1 is 1.54 bits per heavy atom. The molecule has 2 heterocycles. The molecule has 1 amide bonds. The van der Waals surface area contributed by atoms with Gasteiger partial charge in [-0.2, -0.15) is 5.10 Å². The molecule has 1 aliphatic carbocycles. The second kappa shape index (κ2) is 6.44. The zero-order valence-corrected chi connectivity index (χ0v) is 16.2. The highest BCUT2D eigenvalue weighted by Gasteiger charge is 2.30. The lowest BCUT2D eigenvalue weighted by atomic mass is 9.72. The Morgan fingerprint density at radius 3 is 2.92 bits per heavy atom. The van der Waals surface area contributed by atoms with Crippen molar-refractivity contribution in [2.24, 2.45) is 18.4 Å². The van der Waals surface area contributed by atoms with Crippen LogP contribution in [0.3, 0.4) is 0 Å². The quantitative estimate of drug-likeness (QED) is 0.818. The van der Waals surface area contributed by atoms with E-state index in [1.54, 1.807) is 15.9 Å². The van der Waals surface area contributed by atoms with Crippen LogP contribution in [-0.4, -0.2) is 20.7 Å². The monoisotopic (exact) mass is 364 g/mol. The third kappa shape index (κ3) is 3.47. The summed E-state index contributed by atoms with van der Waals surface area (Å²) in [6.45, 7) is 7.29. The van der Waals surface area contributed by atoms with E-state index in [9.17, 15) is 4.79 Å². The van der Waals surface area contributed by atoms with Crippen LogP contribution in [0.5, 0.6) is 0 Å². The zero-order valence-electron chi connectivity index (χ0n) is 14.6. The van der Waals surface area contributed by atoms with E-state index in [1.165, 1.54) is 16.9 Å². The lowest BCUT2D eigenvalue weighted by Gasteiger charge is -2.33. The summed E-state index contributed by atoms with van der Waals surface area (Å²) < 4.78 is 2.32. The molecule has 3 rings (SSSR count). The lowest BCUT2D eigenvalue weighted by Crippen LogP contribution is -2.26. The van der Waals surface area contributed by atoms with Crippen LogP contribution in [0.25, 0.3) is 0 Å². The molecule has 2 N–H and O–H groups in total. The van der Waals surface area contributed by atoms with Gasteiger partial charge in [0, 0.05) is 11.9 Å². The fraction of sp³-hybridized carbons (Fsp3) is 0.588. The van der Waals surface area contributed by atoms with E-state index in [2.05, 4.69) is 42.4 Å². The van der Waals surface area contributed by atoms with Gasteiger partial charge in [-0.05, 0) is 54.4 Å². The van der Waals surface area contributed by atoms with Crippen LogP contribution in [0.2, 0.25) is 0 Å². The SMILES string of the molecule is Cn1c(CNC(=O)c2cc3c(s2)CC[C@H](C(C)(C)C)C3)n[nH]c1=S. The molecule has 0 spiro atoms. The average molecular weight is 365 g/mol. The number of nitrogens with zero attached hydrogens (tertiary/aromatic N) is 2. The zero-order chi connectivity index (χ0) is 17.5. The molecule has 0 aromatic carbocycles. The lowest BCUT2D eigenvalue weighted by molar-refractivity contribution is 0.0953. The van der Waals surface area contributed by atoms with Gasteiger partial charge in [0.1, 0.15) is 0 Å². The molecule has 5 nitrogen and oxygen atoms in total. The Labute approximate surface area is 151 Å². The summed E-state index contributed by atoms with van der Waals surface area (Å²) in [5, 5.41) is 9.79. The predicted molar refractivity (Wildman–Crippen MR) is 98.9 cm³/mol. The molecule has 7 heteroatoms. The van der Waals surface area contributed by atoms with E-state index in [0.717, 1.165) is 23.5 Å². The first-order valence-corrected chi connectivity index (χ1v) is 9.48. The van der Waals surface area contributed by atoms with E-state index in [4.69, 9.17) is 12.2 Å². The summed E-state index contributed by atoms with van der Waals surface area (Å²) in [5.74, 6) is 1.38. The minimum absolute atomic E-state index is 0.0318. The van der Waals surface area contributed by atoms with Gasteiger partial charge in [-0.25, -0.2) is 0 Å². The van der Waals surface area contributed by atoms with Gasteiger partial charge in [-0.15, -0.1) is 11.3 Å². The number of carbonyl (C=O) groups excluding carboxylic acids is 1. The van der Waals surface area contributed by atoms with Gasteiger partial charge in [-0.1, -0.05) is 20.8 Å². The van der Waals surface area contributed by atoms with Crippen LogP contribution in [0, 0.1) is 16.1 Å². The summed E-state index contributed by atoms with van der Waals surface area (Å²) in [5.41, 5.74) is 1.67. The van der Waals surface area contributed by atoms with Crippen LogP contribution in [0.1, 0.15) is 53.1 Å². The van der Waals surface area contributed by atoms with Crippen molar-refractivity contribution in [3.05, 3.63) is 32.0 Å². The summed E-state index contributed by atoms with van der Waals surface area (Å²) in [6.07, 6.45) is 3.38. The molecular weight excluding hydrogens is 340 g/mol. The predicted octanol–water partition coefficient (Wildman–Crippen LogP) is 3.62. The smallest absolute Gasteiger partial charge is 0.261 e. The molecule has 0 fully saturated rings. The molecule has 24 heavy (non-hydrogen) atoms. The summed E-state index contributed by atoms with van der Waals surface area (Å²) in [7, 11) is 1.84. The number of aromatic nitrogens is 3. The van der Waals surface area contributed by atoms with E-state index >= 15 is 0 Å². The van der Waals surface area contributed by atoms with Crippen molar-refractivity contribution >= 4 is 29.5 Å². The largest absolute Gasteiger partial charge is 0.344 e. The van der Waals surface area contributed by atoms with Gasteiger partial charge in [0.05, 0.1) is 11.4 Å². The topological polar surface area (TPSA) is 62.7 Å². The molecule has 0 radical (unpaired) electrons. The molecule has 0 bridgehead atoms. The molecular formula is C17H24N4OS2. The fourth-order valence-corrected chi connectivity index (χ4v) is 4.43. The Balaban J connectivity index is 1.68. The summed E-state index contributed by atoms with van der Waals surface area (Å²) >= 11 is 6.71. The van der Waals surface area contributed by atoms with E-state index < -0.39 is 0 Å². The molecule has 0 saturated carbocycles. The van der Waals surface area contributed by atoms with E-state index in [0.29, 0.717) is 22.6 Å². The average Bonchev–Trinajstić information content (AvgIpc) is 3.08. The number of hydrogen-bond donors (Lipinski definition) is 2. The third-order valence-corrected chi connectivity index (χ3v) is 6.51. The fourth-order valence-electron chi connectivity index (χ4n) is 3.16. The van der Waals surface area contributed by atoms with Crippen molar-refractivity contribution in [2.75, 3.05) is 0 Å².